The monoisotopic (exact) mass is 507 g/mol. The first-order chi connectivity index (χ1) is 17.9. The molecule has 8 nitrogen and oxygen atoms in total. The van der Waals surface area contributed by atoms with Crippen LogP contribution < -0.4 is 4.90 Å². The van der Waals surface area contributed by atoms with E-state index < -0.39 is 35.6 Å². The van der Waals surface area contributed by atoms with Crippen molar-refractivity contribution in [2.45, 2.75) is 57.4 Å². The number of aliphatic hydroxyl groups is 1. The zero-order valence-corrected chi connectivity index (χ0v) is 21.8. The van der Waals surface area contributed by atoms with E-state index in [-0.39, 0.29) is 30.2 Å². The van der Waals surface area contributed by atoms with Gasteiger partial charge in [-0.1, -0.05) is 69.7 Å². The molecule has 37 heavy (non-hydrogen) atoms. The predicted octanol–water partition coefficient (Wildman–Crippen LogP) is 2.39. The average molecular weight is 508 g/mol. The highest BCUT2D eigenvalue weighted by Crippen LogP contribution is 2.54. The standard InChI is InChI=1S/C29H37N3O5/c1-4-5-15-30-16-10-14-29-24(27(35)32(25(29)28(30)36)21(18-33)19(2)3)23-22(37-29)13-9-17-31(26(23)34)20-11-7-6-8-12-20/h6-14,19,21-25,33H,4-5,15-18H2,1-3H3/t21-,22-,23+,24-,25?,29-/m0/s1. The van der Waals surface area contributed by atoms with Crippen LogP contribution in [-0.2, 0) is 19.1 Å². The summed E-state index contributed by atoms with van der Waals surface area (Å²) in [7, 11) is 0. The summed E-state index contributed by atoms with van der Waals surface area (Å²) in [5.74, 6) is -2.38. The van der Waals surface area contributed by atoms with E-state index in [1.54, 1.807) is 14.7 Å². The van der Waals surface area contributed by atoms with Crippen LogP contribution in [0.5, 0.6) is 0 Å². The van der Waals surface area contributed by atoms with Gasteiger partial charge in [0.1, 0.15) is 11.6 Å². The number of amides is 3. The minimum absolute atomic E-state index is 0.0877. The maximum absolute atomic E-state index is 14.3. The number of unbranched alkanes of at least 4 members (excludes halogenated alkanes) is 1. The molecule has 1 N–H and O–H groups in total. The van der Waals surface area contributed by atoms with Crippen molar-refractivity contribution >= 4 is 23.4 Å². The second-order valence-corrected chi connectivity index (χ2v) is 10.8. The first-order valence-corrected chi connectivity index (χ1v) is 13.5. The SMILES string of the molecule is CCCCN1CC=C[C@]23O[C@H]4C=CCN(c5ccccc5)C(=O)[C@H]4[C@H]2C(=O)N([C@@H](CO)C(C)C)C3C1=O. The molecule has 1 aromatic carbocycles. The van der Waals surface area contributed by atoms with Gasteiger partial charge in [-0.05, 0) is 24.5 Å². The highest BCUT2D eigenvalue weighted by molar-refractivity contribution is 6.03. The average Bonchev–Trinajstić information content (AvgIpc) is 3.20. The van der Waals surface area contributed by atoms with Crippen LogP contribution in [0.3, 0.4) is 0 Å². The molecule has 5 rings (SSSR count). The molecule has 0 aromatic heterocycles. The minimum Gasteiger partial charge on any atom is -0.394 e. The van der Waals surface area contributed by atoms with Crippen molar-refractivity contribution in [3.63, 3.8) is 0 Å². The Kier molecular flexibility index (Phi) is 6.98. The van der Waals surface area contributed by atoms with Gasteiger partial charge in [0.2, 0.25) is 17.7 Å². The van der Waals surface area contributed by atoms with Crippen LogP contribution in [0.4, 0.5) is 5.69 Å². The number of rotatable bonds is 7. The number of aliphatic hydroxyl groups excluding tert-OH is 1. The van der Waals surface area contributed by atoms with Crippen molar-refractivity contribution in [3.8, 4) is 0 Å². The molecule has 0 bridgehead atoms. The third-order valence-corrected chi connectivity index (χ3v) is 8.34. The Balaban J connectivity index is 1.61. The number of anilines is 1. The van der Waals surface area contributed by atoms with E-state index in [0.717, 1.165) is 18.5 Å². The number of hydrogen-bond donors (Lipinski definition) is 1. The summed E-state index contributed by atoms with van der Waals surface area (Å²) in [6.07, 6.45) is 8.73. The van der Waals surface area contributed by atoms with Gasteiger partial charge >= 0.3 is 0 Å². The van der Waals surface area contributed by atoms with E-state index >= 15 is 0 Å². The van der Waals surface area contributed by atoms with Gasteiger partial charge in [-0.15, -0.1) is 0 Å². The molecule has 6 atom stereocenters. The summed E-state index contributed by atoms with van der Waals surface area (Å²) in [5, 5.41) is 10.3. The summed E-state index contributed by atoms with van der Waals surface area (Å²) in [4.78, 5) is 47.6. The van der Waals surface area contributed by atoms with Crippen LogP contribution in [0.2, 0.25) is 0 Å². The van der Waals surface area contributed by atoms with E-state index in [0.29, 0.717) is 19.6 Å². The number of likely N-dealkylation sites (tertiary alicyclic amines) is 1. The lowest BCUT2D eigenvalue weighted by molar-refractivity contribution is -0.151. The van der Waals surface area contributed by atoms with Gasteiger partial charge in [-0.25, -0.2) is 0 Å². The van der Waals surface area contributed by atoms with Crippen LogP contribution in [0.25, 0.3) is 0 Å². The van der Waals surface area contributed by atoms with Crippen molar-refractivity contribution in [2.24, 2.45) is 17.8 Å². The lowest BCUT2D eigenvalue weighted by atomic mass is 9.77. The number of carbonyl (C=O) groups is 3. The molecule has 3 amide bonds. The quantitative estimate of drug-likeness (QED) is 0.573. The van der Waals surface area contributed by atoms with Crippen molar-refractivity contribution in [1.82, 2.24) is 9.80 Å². The fraction of sp³-hybridized carbons (Fsp3) is 0.552. The summed E-state index contributed by atoms with van der Waals surface area (Å²) in [5.41, 5.74) is -0.516. The van der Waals surface area contributed by atoms with Crippen LogP contribution in [0, 0.1) is 17.8 Å². The molecular formula is C29H37N3O5. The lowest BCUT2D eigenvalue weighted by Crippen LogP contribution is -2.59. The molecule has 4 heterocycles. The van der Waals surface area contributed by atoms with Gasteiger partial charge in [0, 0.05) is 25.3 Å². The number of benzene rings is 1. The van der Waals surface area contributed by atoms with E-state index in [4.69, 9.17) is 4.74 Å². The normalized spacial score (nSPS) is 31.9. The lowest BCUT2D eigenvalue weighted by Gasteiger charge is -2.39. The third-order valence-electron chi connectivity index (χ3n) is 8.34. The smallest absolute Gasteiger partial charge is 0.249 e. The summed E-state index contributed by atoms with van der Waals surface area (Å²) < 4.78 is 6.68. The Morgan fingerprint density at radius 1 is 1.05 bits per heavy atom. The van der Waals surface area contributed by atoms with Gasteiger partial charge in [-0.3, -0.25) is 14.4 Å². The first kappa shape index (κ1) is 25.7. The van der Waals surface area contributed by atoms with Crippen molar-refractivity contribution in [1.29, 1.82) is 0 Å². The van der Waals surface area contributed by atoms with E-state index in [9.17, 15) is 19.5 Å². The number of hydrogen-bond acceptors (Lipinski definition) is 5. The maximum atomic E-state index is 14.3. The largest absolute Gasteiger partial charge is 0.394 e. The van der Waals surface area contributed by atoms with Crippen molar-refractivity contribution < 1.29 is 24.2 Å². The van der Waals surface area contributed by atoms with E-state index in [2.05, 4.69) is 6.92 Å². The fourth-order valence-corrected chi connectivity index (χ4v) is 6.49. The molecule has 1 spiro atoms. The van der Waals surface area contributed by atoms with Crippen molar-refractivity contribution in [2.75, 3.05) is 31.1 Å². The summed E-state index contributed by atoms with van der Waals surface area (Å²) in [6.45, 7) is 7.06. The van der Waals surface area contributed by atoms with Crippen LogP contribution in [0.15, 0.2) is 54.6 Å². The van der Waals surface area contributed by atoms with E-state index in [1.807, 2.05) is 68.5 Å². The number of carbonyl (C=O) groups excluding carboxylic acids is 3. The number of para-hydroxylation sites is 1. The molecule has 2 fully saturated rings. The predicted molar refractivity (Wildman–Crippen MR) is 139 cm³/mol. The minimum atomic E-state index is -1.27. The number of ether oxygens (including phenoxy) is 1. The molecule has 198 valence electrons. The van der Waals surface area contributed by atoms with Gasteiger partial charge in [0.15, 0.2) is 0 Å². The Bertz CT molecular complexity index is 1100. The zero-order chi connectivity index (χ0) is 26.3. The highest BCUT2D eigenvalue weighted by atomic mass is 16.5. The Morgan fingerprint density at radius 3 is 2.49 bits per heavy atom. The van der Waals surface area contributed by atoms with Gasteiger partial charge in [-0.2, -0.15) is 0 Å². The van der Waals surface area contributed by atoms with Gasteiger partial charge < -0.3 is 24.5 Å². The van der Waals surface area contributed by atoms with Crippen LogP contribution in [-0.4, -0.2) is 82.7 Å². The first-order valence-electron chi connectivity index (χ1n) is 13.5. The Morgan fingerprint density at radius 2 is 1.81 bits per heavy atom. The molecule has 0 aliphatic carbocycles. The number of nitrogens with zero attached hydrogens (tertiary/aromatic N) is 3. The zero-order valence-electron chi connectivity index (χ0n) is 21.8. The summed E-state index contributed by atoms with van der Waals surface area (Å²) in [6, 6.07) is 7.92. The third kappa shape index (κ3) is 4.01. The molecule has 1 aromatic rings. The number of fused-ring (bicyclic) bond motifs is 2. The van der Waals surface area contributed by atoms with E-state index in [1.165, 1.54) is 0 Å². The molecule has 8 heteroatoms. The van der Waals surface area contributed by atoms with Crippen LogP contribution in [0.1, 0.15) is 33.6 Å². The summed E-state index contributed by atoms with van der Waals surface area (Å²) >= 11 is 0. The molecular weight excluding hydrogens is 470 g/mol. The van der Waals surface area contributed by atoms with Gasteiger partial charge in [0.25, 0.3) is 0 Å². The fourth-order valence-electron chi connectivity index (χ4n) is 6.49. The maximum Gasteiger partial charge on any atom is 0.249 e. The molecule has 4 aliphatic rings. The Hall–Kier alpha value is -2.97. The molecule has 0 saturated carbocycles. The van der Waals surface area contributed by atoms with Crippen LogP contribution >= 0.6 is 0 Å². The second-order valence-electron chi connectivity index (χ2n) is 10.8. The second kappa shape index (κ2) is 10.1. The molecule has 1 unspecified atom stereocenters. The molecule has 4 aliphatic heterocycles. The Labute approximate surface area is 218 Å². The van der Waals surface area contributed by atoms with Crippen molar-refractivity contribution in [3.05, 3.63) is 54.6 Å². The molecule has 0 radical (unpaired) electrons. The highest BCUT2D eigenvalue weighted by Gasteiger charge is 2.72. The molecule has 2 saturated heterocycles. The van der Waals surface area contributed by atoms with Gasteiger partial charge in [0.05, 0.1) is 30.6 Å². The topological polar surface area (TPSA) is 90.4 Å².